The van der Waals surface area contributed by atoms with Gasteiger partial charge in [-0.05, 0) is 43.0 Å². The fourth-order valence-corrected chi connectivity index (χ4v) is 2.26. The van der Waals surface area contributed by atoms with Gasteiger partial charge >= 0.3 is 0 Å². The number of hydrazine groups is 1. The van der Waals surface area contributed by atoms with Gasteiger partial charge in [-0.3, -0.25) is 16.0 Å². The number of methoxy groups -OCH3 is 1. The third-order valence-electron chi connectivity index (χ3n) is 3.55. The Morgan fingerprint density at radius 3 is 2.60 bits per heavy atom. The SMILES string of the molecule is COc1ccc(CC(CCc2ccnn2C)NN)cc1. The largest absolute Gasteiger partial charge is 0.497 e. The first-order chi connectivity index (χ1) is 9.72. The molecule has 1 aromatic heterocycles. The Hall–Kier alpha value is -1.85. The summed E-state index contributed by atoms with van der Waals surface area (Å²) < 4.78 is 7.06. The normalized spacial score (nSPS) is 12.3. The Bertz CT molecular complexity index is 521. The second-order valence-corrected chi connectivity index (χ2v) is 4.90. The molecule has 1 heterocycles. The molecule has 0 spiro atoms. The van der Waals surface area contributed by atoms with Crippen molar-refractivity contribution < 1.29 is 4.74 Å². The molecule has 0 aliphatic rings. The van der Waals surface area contributed by atoms with Gasteiger partial charge in [0.2, 0.25) is 0 Å². The Labute approximate surface area is 119 Å². The van der Waals surface area contributed by atoms with Crippen LogP contribution in [-0.4, -0.2) is 22.9 Å². The van der Waals surface area contributed by atoms with E-state index in [-0.39, 0.29) is 6.04 Å². The predicted molar refractivity (Wildman–Crippen MR) is 79.3 cm³/mol. The molecule has 1 aromatic carbocycles. The second kappa shape index (κ2) is 7.07. The molecular formula is C15H22N4O. The molecule has 108 valence electrons. The van der Waals surface area contributed by atoms with Crippen molar-refractivity contribution in [1.82, 2.24) is 15.2 Å². The van der Waals surface area contributed by atoms with E-state index >= 15 is 0 Å². The molecule has 0 radical (unpaired) electrons. The van der Waals surface area contributed by atoms with Gasteiger partial charge in [0, 0.05) is 25.0 Å². The molecule has 0 amide bonds. The number of ether oxygens (including phenoxy) is 1. The van der Waals surface area contributed by atoms with Gasteiger partial charge in [-0.2, -0.15) is 5.10 Å². The number of nitrogens with zero attached hydrogens (tertiary/aromatic N) is 2. The van der Waals surface area contributed by atoms with E-state index in [1.54, 1.807) is 7.11 Å². The number of rotatable bonds is 7. The van der Waals surface area contributed by atoms with E-state index in [1.807, 2.05) is 36.1 Å². The average Bonchev–Trinajstić information content (AvgIpc) is 2.89. The molecule has 20 heavy (non-hydrogen) atoms. The van der Waals surface area contributed by atoms with Crippen LogP contribution in [0.15, 0.2) is 36.5 Å². The molecule has 2 aromatic rings. The van der Waals surface area contributed by atoms with Crippen LogP contribution in [0.3, 0.4) is 0 Å². The summed E-state index contributed by atoms with van der Waals surface area (Å²) >= 11 is 0. The smallest absolute Gasteiger partial charge is 0.118 e. The van der Waals surface area contributed by atoms with Crippen molar-refractivity contribution in [3.63, 3.8) is 0 Å². The van der Waals surface area contributed by atoms with E-state index in [0.29, 0.717) is 0 Å². The molecule has 2 rings (SSSR count). The second-order valence-electron chi connectivity index (χ2n) is 4.90. The van der Waals surface area contributed by atoms with E-state index in [1.165, 1.54) is 11.3 Å². The summed E-state index contributed by atoms with van der Waals surface area (Å²) in [6, 6.07) is 10.4. The van der Waals surface area contributed by atoms with Crippen molar-refractivity contribution in [3.05, 3.63) is 47.8 Å². The molecule has 0 saturated carbocycles. The minimum Gasteiger partial charge on any atom is -0.497 e. The predicted octanol–water partition coefficient (Wildman–Crippen LogP) is 1.44. The van der Waals surface area contributed by atoms with Gasteiger partial charge in [0.1, 0.15) is 5.75 Å². The van der Waals surface area contributed by atoms with Gasteiger partial charge in [-0.25, -0.2) is 0 Å². The van der Waals surface area contributed by atoms with Crippen molar-refractivity contribution >= 4 is 0 Å². The number of hydrogen-bond acceptors (Lipinski definition) is 4. The van der Waals surface area contributed by atoms with Crippen LogP contribution >= 0.6 is 0 Å². The highest BCUT2D eigenvalue weighted by Crippen LogP contribution is 2.14. The fraction of sp³-hybridized carbons (Fsp3) is 0.400. The maximum atomic E-state index is 5.66. The molecule has 1 unspecified atom stereocenters. The maximum absolute atomic E-state index is 5.66. The Kier molecular flexibility index (Phi) is 5.15. The molecule has 0 bridgehead atoms. The highest BCUT2D eigenvalue weighted by molar-refractivity contribution is 5.27. The van der Waals surface area contributed by atoms with Gasteiger partial charge in [-0.1, -0.05) is 12.1 Å². The summed E-state index contributed by atoms with van der Waals surface area (Å²) in [6.07, 6.45) is 4.66. The minimum absolute atomic E-state index is 0.248. The lowest BCUT2D eigenvalue weighted by atomic mass is 10.0. The summed E-state index contributed by atoms with van der Waals surface area (Å²) in [4.78, 5) is 0. The van der Waals surface area contributed by atoms with Crippen LogP contribution < -0.4 is 16.0 Å². The quantitative estimate of drug-likeness (QED) is 0.592. The fourth-order valence-electron chi connectivity index (χ4n) is 2.26. The summed E-state index contributed by atoms with van der Waals surface area (Å²) in [7, 11) is 3.64. The number of hydrogen-bond donors (Lipinski definition) is 2. The maximum Gasteiger partial charge on any atom is 0.118 e. The van der Waals surface area contributed by atoms with Gasteiger partial charge in [0.25, 0.3) is 0 Å². The topological polar surface area (TPSA) is 65.1 Å². The lowest BCUT2D eigenvalue weighted by molar-refractivity contribution is 0.414. The molecular weight excluding hydrogens is 252 g/mol. The van der Waals surface area contributed by atoms with Crippen LogP contribution in [0.1, 0.15) is 17.7 Å². The first-order valence-electron chi connectivity index (χ1n) is 6.79. The highest BCUT2D eigenvalue weighted by atomic mass is 16.5. The zero-order valence-electron chi connectivity index (χ0n) is 12.0. The number of aryl methyl sites for hydroxylation is 2. The van der Waals surface area contributed by atoms with E-state index in [0.717, 1.165) is 25.0 Å². The number of aromatic nitrogens is 2. The van der Waals surface area contributed by atoms with E-state index in [9.17, 15) is 0 Å². The molecule has 0 saturated heterocycles. The summed E-state index contributed by atoms with van der Waals surface area (Å²) in [5.41, 5.74) is 5.37. The molecule has 1 atom stereocenters. The van der Waals surface area contributed by atoms with Gasteiger partial charge < -0.3 is 4.74 Å². The summed E-state index contributed by atoms with van der Waals surface area (Å²) in [5, 5.41) is 4.17. The lowest BCUT2D eigenvalue weighted by Gasteiger charge is -2.16. The van der Waals surface area contributed by atoms with E-state index < -0.39 is 0 Å². The first-order valence-corrected chi connectivity index (χ1v) is 6.79. The number of benzene rings is 1. The molecule has 5 nitrogen and oxygen atoms in total. The standard InChI is InChI=1S/C15H22N4O/c1-19-14(9-10-17-19)6-5-13(18-16)11-12-3-7-15(20-2)8-4-12/h3-4,7-10,13,18H,5-6,11,16H2,1-2H3. The molecule has 5 heteroatoms. The van der Waals surface area contributed by atoms with Crippen molar-refractivity contribution in [2.45, 2.75) is 25.3 Å². The summed E-state index contributed by atoms with van der Waals surface area (Å²) in [5.74, 6) is 6.53. The van der Waals surface area contributed by atoms with Crippen molar-refractivity contribution in [2.24, 2.45) is 12.9 Å². The van der Waals surface area contributed by atoms with Crippen LogP contribution in [0.2, 0.25) is 0 Å². The number of nitrogens with two attached hydrogens (primary N) is 1. The van der Waals surface area contributed by atoms with Crippen molar-refractivity contribution in [1.29, 1.82) is 0 Å². The Morgan fingerprint density at radius 1 is 1.30 bits per heavy atom. The first kappa shape index (κ1) is 14.6. The third-order valence-corrected chi connectivity index (χ3v) is 3.55. The van der Waals surface area contributed by atoms with Crippen LogP contribution in [0, 0.1) is 0 Å². The van der Waals surface area contributed by atoms with Crippen LogP contribution in [0.25, 0.3) is 0 Å². The van der Waals surface area contributed by atoms with Crippen LogP contribution in [-0.2, 0) is 19.9 Å². The summed E-state index contributed by atoms with van der Waals surface area (Å²) in [6.45, 7) is 0. The zero-order chi connectivity index (χ0) is 14.4. The monoisotopic (exact) mass is 274 g/mol. The molecule has 0 aliphatic heterocycles. The Morgan fingerprint density at radius 2 is 2.05 bits per heavy atom. The van der Waals surface area contributed by atoms with E-state index in [2.05, 4.69) is 22.7 Å². The lowest BCUT2D eigenvalue weighted by Crippen LogP contribution is -2.37. The average molecular weight is 274 g/mol. The van der Waals surface area contributed by atoms with E-state index in [4.69, 9.17) is 10.6 Å². The van der Waals surface area contributed by atoms with Crippen LogP contribution in [0.4, 0.5) is 0 Å². The Balaban J connectivity index is 1.89. The van der Waals surface area contributed by atoms with Gasteiger partial charge in [-0.15, -0.1) is 0 Å². The van der Waals surface area contributed by atoms with Gasteiger partial charge in [0.15, 0.2) is 0 Å². The zero-order valence-corrected chi connectivity index (χ0v) is 12.0. The van der Waals surface area contributed by atoms with Gasteiger partial charge in [0.05, 0.1) is 7.11 Å². The third kappa shape index (κ3) is 3.82. The minimum atomic E-state index is 0.248. The highest BCUT2D eigenvalue weighted by Gasteiger charge is 2.09. The van der Waals surface area contributed by atoms with Crippen LogP contribution in [0.5, 0.6) is 5.75 Å². The van der Waals surface area contributed by atoms with Crippen molar-refractivity contribution in [2.75, 3.05) is 7.11 Å². The molecule has 0 fully saturated rings. The van der Waals surface area contributed by atoms with Crippen molar-refractivity contribution in [3.8, 4) is 5.75 Å². The molecule has 3 N–H and O–H groups in total. The number of nitrogens with one attached hydrogen (secondary N) is 1. The molecule has 0 aliphatic carbocycles.